The number of rotatable bonds is 7. The molecule has 0 aliphatic rings. The van der Waals surface area contributed by atoms with Gasteiger partial charge in [-0.05, 0) is 36.5 Å². The first-order valence-corrected chi connectivity index (χ1v) is 7.17. The number of unbranched alkanes of at least 4 members (excludes halogenated alkanes) is 1. The molecule has 1 aromatic rings. The molecule has 106 valence electrons. The lowest BCUT2D eigenvalue weighted by Crippen LogP contribution is -2.28. The van der Waals surface area contributed by atoms with Crippen LogP contribution in [0.2, 0.25) is 0 Å². The molecule has 0 saturated carbocycles. The van der Waals surface area contributed by atoms with Gasteiger partial charge in [0.05, 0.1) is 0 Å². The van der Waals surface area contributed by atoms with Crippen LogP contribution in [-0.2, 0) is 11.2 Å². The first-order chi connectivity index (χ1) is 9.02. The highest BCUT2D eigenvalue weighted by Crippen LogP contribution is 2.13. The average molecular weight is 262 g/mol. The van der Waals surface area contributed by atoms with Gasteiger partial charge in [0.25, 0.3) is 0 Å². The Morgan fingerprint density at radius 1 is 1.26 bits per heavy atom. The van der Waals surface area contributed by atoms with Crippen LogP contribution < -0.4 is 11.1 Å². The van der Waals surface area contributed by atoms with Crippen LogP contribution in [0, 0.1) is 5.92 Å². The van der Waals surface area contributed by atoms with Crippen molar-refractivity contribution in [3.63, 3.8) is 0 Å². The van der Waals surface area contributed by atoms with Gasteiger partial charge in [-0.25, -0.2) is 0 Å². The summed E-state index contributed by atoms with van der Waals surface area (Å²) in [4.78, 5) is 11.6. The third-order valence-electron chi connectivity index (χ3n) is 3.32. The Bertz CT molecular complexity index is 384. The number of carbonyl (C=O) groups is 1. The van der Waals surface area contributed by atoms with Crippen LogP contribution in [0.4, 0.5) is 5.69 Å². The lowest BCUT2D eigenvalue weighted by Gasteiger charge is -2.15. The second kappa shape index (κ2) is 7.95. The van der Waals surface area contributed by atoms with Gasteiger partial charge >= 0.3 is 0 Å². The van der Waals surface area contributed by atoms with Crippen LogP contribution >= 0.6 is 0 Å². The zero-order chi connectivity index (χ0) is 14.3. The van der Waals surface area contributed by atoms with Gasteiger partial charge in [-0.1, -0.05) is 39.3 Å². The lowest BCUT2D eigenvalue weighted by molar-refractivity contribution is -0.116. The molecule has 0 aliphatic heterocycles. The highest BCUT2D eigenvalue weighted by Gasteiger charge is 2.08. The molecule has 1 aromatic carbocycles. The zero-order valence-corrected chi connectivity index (χ0v) is 12.3. The predicted molar refractivity (Wildman–Crippen MR) is 81.1 cm³/mol. The van der Waals surface area contributed by atoms with Crippen LogP contribution in [0.1, 0.15) is 45.6 Å². The van der Waals surface area contributed by atoms with Crippen molar-refractivity contribution >= 4 is 11.6 Å². The van der Waals surface area contributed by atoms with Crippen LogP contribution in [0.3, 0.4) is 0 Å². The summed E-state index contributed by atoms with van der Waals surface area (Å²) in [7, 11) is 0. The smallest absolute Gasteiger partial charge is 0.224 e. The van der Waals surface area contributed by atoms with E-state index in [4.69, 9.17) is 5.73 Å². The molecule has 0 aliphatic carbocycles. The van der Waals surface area contributed by atoms with Gasteiger partial charge in [-0.2, -0.15) is 0 Å². The Labute approximate surface area is 116 Å². The molecule has 1 rings (SSSR count). The van der Waals surface area contributed by atoms with Gasteiger partial charge in [-0.15, -0.1) is 0 Å². The molecular formula is C16H26N2O. The largest absolute Gasteiger partial charge is 0.327 e. The first kappa shape index (κ1) is 15.7. The van der Waals surface area contributed by atoms with E-state index in [2.05, 4.69) is 26.1 Å². The van der Waals surface area contributed by atoms with Crippen molar-refractivity contribution in [1.29, 1.82) is 0 Å². The summed E-state index contributed by atoms with van der Waals surface area (Å²) >= 11 is 0. The quantitative estimate of drug-likeness (QED) is 0.792. The van der Waals surface area contributed by atoms with E-state index in [1.165, 1.54) is 5.56 Å². The van der Waals surface area contributed by atoms with Crippen molar-refractivity contribution in [1.82, 2.24) is 0 Å². The van der Waals surface area contributed by atoms with E-state index in [-0.39, 0.29) is 11.9 Å². The predicted octanol–water partition coefficient (Wildman–Crippen LogP) is 3.34. The average Bonchev–Trinajstić information content (AvgIpc) is 2.38. The SMILES string of the molecule is CCCCC(=O)Nc1ccc(CC(N)C(C)C)cc1. The van der Waals surface area contributed by atoms with Gasteiger partial charge in [0.1, 0.15) is 0 Å². The van der Waals surface area contributed by atoms with E-state index in [1.807, 2.05) is 24.3 Å². The van der Waals surface area contributed by atoms with Crippen molar-refractivity contribution < 1.29 is 4.79 Å². The molecule has 0 radical (unpaired) electrons. The van der Waals surface area contributed by atoms with Crippen LogP contribution in [0.5, 0.6) is 0 Å². The van der Waals surface area contributed by atoms with E-state index in [0.717, 1.165) is 24.9 Å². The maximum absolute atomic E-state index is 11.6. The third kappa shape index (κ3) is 5.88. The second-order valence-corrected chi connectivity index (χ2v) is 5.46. The van der Waals surface area contributed by atoms with Crippen molar-refractivity contribution in [2.75, 3.05) is 5.32 Å². The minimum absolute atomic E-state index is 0.0912. The van der Waals surface area contributed by atoms with Gasteiger partial charge in [0, 0.05) is 18.2 Å². The van der Waals surface area contributed by atoms with Crippen molar-refractivity contribution in [2.45, 2.75) is 52.5 Å². The maximum Gasteiger partial charge on any atom is 0.224 e. The molecule has 0 bridgehead atoms. The normalized spacial score (nSPS) is 12.5. The summed E-state index contributed by atoms with van der Waals surface area (Å²) in [5.41, 5.74) is 8.13. The number of amides is 1. The Kier molecular flexibility index (Phi) is 6.57. The van der Waals surface area contributed by atoms with Crippen molar-refractivity contribution in [3.05, 3.63) is 29.8 Å². The zero-order valence-electron chi connectivity index (χ0n) is 12.3. The molecule has 3 nitrogen and oxygen atoms in total. The molecule has 1 atom stereocenters. The van der Waals surface area contributed by atoms with Gasteiger partial charge in [0.15, 0.2) is 0 Å². The Morgan fingerprint density at radius 2 is 1.89 bits per heavy atom. The molecule has 19 heavy (non-hydrogen) atoms. The topological polar surface area (TPSA) is 55.1 Å². The van der Waals surface area contributed by atoms with E-state index in [1.54, 1.807) is 0 Å². The number of hydrogen-bond donors (Lipinski definition) is 2. The summed E-state index contributed by atoms with van der Waals surface area (Å²) in [5.74, 6) is 0.571. The van der Waals surface area contributed by atoms with E-state index in [9.17, 15) is 4.79 Å². The highest BCUT2D eigenvalue weighted by atomic mass is 16.1. The molecule has 0 spiro atoms. The van der Waals surface area contributed by atoms with E-state index < -0.39 is 0 Å². The number of benzene rings is 1. The van der Waals surface area contributed by atoms with Crippen molar-refractivity contribution in [2.24, 2.45) is 11.7 Å². The minimum Gasteiger partial charge on any atom is -0.327 e. The van der Waals surface area contributed by atoms with Crippen LogP contribution in [-0.4, -0.2) is 11.9 Å². The fourth-order valence-electron chi connectivity index (χ4n) is 1.79. The van der Waals surface area contributed by atoms with Gasteiger partial charge in [0.2, 0.25) is 5.91 Å². The second-order valence-electron chi connectivity index (χ2n) is 5.46. The summed E-state index contributed by atoms with van der Waals surface area (Å²) in [5, 5.41) is 2.91. The monoisotopic (exact) mass is 262 g/mol. The summed E-state index contributed by atoms with van der Waals surface area (Å²) in [6.07, 6.45) is 3.45. The summed E-state index contributed by atoms with van der Waals surface area (Å²) in [6, 6.07) is 8.17. The number of nitrogens with one attached hydrogen (secondary N) is 1. The number of carbonyl (C=O) groups excluding carboxylic acids is 1. The molecule has 0 heterocycles. The third-order valence-corrected chi connectivity index (χ3v) is 3.32. The number of nitrogens with two attached hydrogens (primary N) is 1. The van der Waals surface area contributed by atoms with Crippen molar-refractivity contribution in [3.8, 4) is 0 Å². The molecule has 1 amide bonds. The first-order valence-electron chi connectivity index (χ1n) is 7.17. The fourth-order valence-corrected chi connectivity index (χ4v) is 1.79. The summed E-state index contributed by atoms with van der Waals surface area (Å²) < 4.78 is 0. The number of anilines is 1. The Hall–Kier alpha value is -1.35. The summed E-state index contributed by atoms with van der Waals surface area (Å²) in [6.45, 7) is 6.35. The van der Waals surface area contributed by atoms with E-state index >= 15 is 0 Å². The minimum atomic E-state index is 0.0912. The molecule has 0 aromatic heterocycles. The standard InChI is InChI=1S/C16H26N2O/c1-4-5-6-16(19)18-14-9-7-13(8-10-14)11-15(17)12(2)3/h7-10,12,15H,4-6,11,17H2,1-3H3,(H,18,19). The maximum atomic E-state index is 11.6. The van der Waals surface area contributed by atoms with Crippen LogP contribution in [0.25, 0.3) is 0 Å². The lowest BCUT2D eigenvalue weighted by atomic mass is 9.97. The molecule has 3 N–H and O–H groups in total. The molecule has 0 saturated heterocycles. The Balaban J connectivity index is 2.49. The number of hydrogen-bond acceptors (Lipinski definition) is 2. The molecule has 3 heteroatoms. The van der Waals surface area contributed by atoms with Crippen LogP contribution in [0.15, 0.2) is 24.3 Å². The molecule has 0 fully saturated rings. The Morgan fingerprint density at radius 3 is 2.42 bits per heavy atom. The highest BCUT2D eigenvalue weighted by molar-refractivity contribution is 5.90. The molecule has 1 unspecified atom stereocenters. The van der Waals surface area contributed by atoms with Gasteiger partial charge in [-0.3, -0.25) is 4.79 Å². The van der Waals surface area contributed by atoms with E-state index in [0.29, 0.717) is 12.3 Å². The van der Waals surface area contributed by atoms with Gasteiger partial charge < -0.3 is 11.1 Å². The molecular weight excluding hydrogens is 236 g/mol. The fraction of sp³-hybridized carbons (Fsp3) is 0.562.